The van der Waals surface area contributed by atoms with Crippen molar-refractivity contribution in [3.05, 3.63) is 53.6 Å². The van der Waals surface area contributed by atoms with Crippen LogP contribution in [0.5, 0.6) is 0 Å². The fourth-order valence-electron chi connectivity index (χ4n) is 2.47. The van der Waals surface area contributed by atoms with E-state index in [1.54, 1.807) is 0 Å². The van der Waals surface area contributed by atoms with Crippen LogP contribution in [0.4, 0.5) is 27.7 Å². The lowest BCUT2D eigenvalue weighted by Crippen LogP contribution is -2.04. The molecule has 0 unspecified atom stereocenters. The largest absolute Gasteiger partial charge is 0.324 e. The van der Waals surface area contributed by atoms with Crippen molar-refractivity contribution in [3.8, 4) is 0 Å². The number of halogens is 1. The molecular formula is C17H17FN6. The van der Waals surface area contributed by atoms with Crippen LogP contribution in [0.25, 0.3) is 0 Å². The van der Waals surface area contributed by atoms with E-state index in [2.05, 4.69) is 30.8 Å². The molecule has 0 bridgehead atoms. The molecule has 6 nitrogen and oxygen atoms in total. The average Bonchev–Trinajstić information content (AvgIpc) is 3.33. The Hall–Kier alpha value is -2.96. The van der Waals surface area contributed by atoms with Crippen LogP contribution in [-0.4, -0.2) is 20.2 Å². The lowest BCUT2D eigenvalue weighted by Gasteiger charge is -2.09. The van der Waals surface area contributed by atoms with Crippen molar-refractivity contribution in [2.75, 3.05) is 10.6 Å². The van der Waals surface area contributed by atoms with Crippen LogP contribution in [0.2, 0.25) is 0 Å². The molecule has 1 aromatic carbocycles. The first-order valence-electron chi connectivity index (χ1n) is 7.86. The van der Waals surface area contributed by atoms with E-state index in [4.69, 9.17) is 0 Å². The molecule has 0 spiro atoms. The van der Waals surface area contributed by atoms with E-state index >= 15 is 0 Å². The molecule has 3 aromatic rings. The third kappa shape index (κ3) is 3.05. The molecule has 3 N–H and O–H groups in total. The van der Waals surface area contributed by atoms with Crippen molar-refractivity contribution in [1.29, 1.82) is 0 Å². The molecule has 0 amide bonds. The van der Waals surface area contributed by atoms with Crippen molar-refractivity contribution < 1.29 is 4.39 Å². The number of aromatic nitrogens is 4. The number of para-hydroxylation sites is 1. The minimum absolute atomic E-state index is 0.0925. The highest BCUT2D eigenvalue weighted by atomic mass is 19.1. The van der Waals surface area contributed by atoms with Gasteiger partial charge in [-0.2, -0.15) is 10.1 Å². The summed E-state index contributed by atoms with van der Waals surface area (Å²) in [4.78, 5) is 8.21. The van der Waals surface area contributed by atoms with Crippen LogP contribution >= 0.6 is 0 Å². The maximum absolute atomic E-state index is 14.0. The maximum Gasteiger partial charge on any atom is 0.229 e. The Labute approximate surface area is 138 Å². The summed E-state index contributed by atoms with van der Waals surface area (Å²) in [5.41, 5.74) is 3.01. The van der Waals surface area contributed by atoms with Crippen LogP contribution in [0.3, 0.4) is 0 Å². The Balaban J connectivity index is 1.55. The number of hydrogen-bond acceptors (Lipinski definition) is 5. The highest BCUT2D eigenvalue weighted by molar-refractivity contribution is 5.60. The summed E-state index contributed by atoms with van der Waals surface area (Å²) in [6.07, 6.45) is 3.49. The first-order valence-corrected chi connectivity index (χ1v) is 7.86. The number of rotatable bonds is 5. The van der Waals surface area contributed by atoms with Gasteiger partial charge in [-0.15, -0.1) is 0 Å². The van der Waals surface area contributed by atoms with Crippen LogP contribution < -0.4 is 10.6 Å². The zero-order valence-corrected chi connectivity index (χ0v) is 13.2. The first-order chi connectivity index (χ1) is 11.7. The van der Waals surface area contributed by atoms with Crippen molar-refractivity contribution >= 4 is 23.3 Å². The molecule has 2 heterocycles. The number of anilines is 4. The van der Waals surface area contributed by atoms with Gasteiger partial charge in [-0.05, 0) is 31.4 Å². The van der Waals surface area contributed by atoms with Crippen LogP contribution in [0, 0.1) is 12.7 Å². The number of nitrogens with one attached hydrogen (secondary N) is 3. The maximum atomic E-state index is 14.0. The van der Waals surface area contributed by atoms with Gasteiger partial charge in [-0.3, -0.25) is 5.10 Å². The summed E-state index contributed by atoms with van der Waals surface area (Å²) in [6, 6.07) is 9.67. The third-order valence-electron chi connectivity index (χ3n) is 4.00. The molecule has 4 rings (SSSR count). The second-order valence-electron chi connectivity index (χ2n) is 5.94. The van der Waals surface area contributed by atoms with E-state index in [0.717, 1.165) is 23.1 Å². The Morgan fingerprint density at radius 2 is 2.04 bits per heavy atom. The number of benzene rings is 1. The normalized spacial score (nSPS) is 13.8. The summed E-state index contributed by atoms with van der Waals surface area (Å²) in [5, 5.41) is 13.1. The minimum atomic E-state index is -0.527. The molecule has 0 saturated heterocycles. The monoisotopic (exact) mass is 324 g/mol. The smallest absolute Gasteiger partial charge is 0.229 e. The fourth-order valence-corrected chi connectivity index (χ4v) is 2.47. The second-order valence-corrected chi connectivity index (χ2v) is 5.94. The van der Waals surface area contributed by atoms with Crippen LogP contribution in [-0.2, 0) is 0 Å². The lowest BCUT2D eigenvalue weighted by molar-refractivity contribution is 0.619. The molecule has 1 fully saturated rings. The quantitative estimate of drug-likeness (QED) is 0.661. The standard InChI is InChI=1S/C17H17FN6/c1-10-4-2-3-5-13(10)20-17-19-9-12(18)16(22-17)21-15-8-14(23-24-15)11-6-7-11/h2-5,8-9,11H,6-7H2,1H3,(H3,19,20,21,22,23,24). The highest BCUT2D eigenvalue weighted by Gasteiger charge is 2.25. The molecule has 0 radical (unpaired) electrons. The summed E-state index contributed by atoms with van der Waals surface area (Å²) >= 11 is 0. The first kappa shape index (κ1) is 14.6. The van der Waals surface area contributed by atoms with Crippen molar-refractivity contribution in [2.24, 2.45) is 0 Å². The zero-order valence-electron chi connectivity index (χ0n) is 13.2. The Kier molecular flexibility index (Phi) is 3.60. The molecule has 7 heteroatoms. The lowest BCUT2D eigenvalue weighted by atomic mass is 10.2. The van der Waals surface area contributed by atoms with Gasteiger partial charge in [0.25, 0.3) is 0 Å². The molecule has 1 aliphatic rings. The van der Waals surface area contributed by atoms with Gasteiger partial charge in [0.2, 0.25) is 5.95 Å². The van der Waals surface area contributed by atoms with Crippen molar-refractivity contribution in [2.45, 2.75) is 25.7 Å². The minimum Gasteiger partial charge on any atom is -0.324 e. The van der Waals surface area contributed by atoms with Gasteiger partial charge in [-0.1, -0.05) is 18.2 Å². The topological polar surface area (TPSA) is 78.5 Å². The summed E-state index contributed by atoms with van der Waals surface area (Å²) < 4.78 is 14.0. The van der Waals surface area contributed by atoms with E-state index in [-0.39, 0.29) is 5.82 Å². The van der Waals surface area contributed by atoms with Gasteiger partial charge < -0.3 is 10.6 Å². The zero-order chi connectivity index (χ0) is 16.5. The predicted molar refractivity (Wildman–Crippen MR) is 90.3 cm³/mol. The molecule has 0 aliphatic heterocycles. The van der Waals surface area contributed by atoms with Crippen LogP contribution in [0.15, 0.2) is 36.5 Å². The number of nitrogens with zero attached hydrogens (tertiary/aromatic N) is 3. The number of aromatic amines is 1. The SMILES string of the molecule is Cc1ccccc1Nc1ncc(F)c(Nc2cc(C3CC3)[nH]n2)n1. The van der Waals surface area contributed by atoms with E-state index in [1.807, 2.05) is 37.3 Å². The number of aryl methyl sites for hydroxylation is 1. The van der Waals surface area contributed by atoms with Gasteiger partial charge >= 0.3 is 0 Å². The molecule has 2 aromatic heterocycles. The van der Waals surface area contributed by atoms with Gasteiger partial charge in [0, 0.05) is 23.4 Å². The van der Waals surface area contributed by atoms with E-state index in [0.29, 0.717) is 17.7 Å². The number of H-pyrrole nitrogens is 1. The van der Waals surface area contributed by atoms with E-state index in [9.17, 15) is 4.39 Å². The number of hydrogen-bond donors (Lipinski definition) is 3. The van der Waals surface area contributed by atoms with Crippen molar-refractivity contribution in [1.82, 2.24) is 20.2 Å². The summed E-state index contributed by atoms with van der Waals surface area (Å²) in [5.74, 6) is 1.00. The molecule has 24 heavy (non-hydrogen) atoms. The van der Waals surface area contributed by atoms with Gasteiger partial charge in [0.1, 0.15) is 0 Å². The van der Waals surface area contributed by atoms with E-state index in [1.165, 1.54) is 12.8 Å². The predicted octanol–water partition coefficient (Wildman–Crippen LogP) is 4.01. The second kappa shape index (κ2) is 5.92. The molecule has 122 valence electrons. The Morgan fingerprint density at radius 3 is 2.83 bits per heavy atom. The fraction of sp³-hybridized carbons (Fsp3) is 0.235. The Morgan fingerprint density at radius 1 is 1.21 bits per heavy atom. The van der Waals surface area contributed by atoms with Crippen molar-refractivity contribution in [3.63, 3.8) is 0 Å². The molecular weight excluding hydrogens is 307 g/mol. The van der Waals surface area contributed by atoms with Crippen LogP contribution in [0.1, 0.15) is 30.0 Å². The summed E-state index contributed by atoms with van der Waals surface area (Å²) in [7, 11) is 0. The molecule has 0 atom stereocenters. The van der Waals surface area contributed by atoms with Gasteiger partial charge in [-0.25, -0.2) is 9.37 Å². The highest BCUT2D eigenvalue weighted by Crippen LogP contribution is 2.39. The van der Waals surface area contributed by atoms with Gasteiger partial charge in [0.05, 0.1) is 6.20 Å². The summed E-state index contributed by atoms with van der Waals surface area (Å²) in [6.45, 7) is 1.98. The Bertz CT molecular complexity index is 871. The van der Waals surface area contributed by atoms with Gasteiger partial charge in [0.15, 0.2) is 17.5 Å². The molecule has 1 aliphatic carbocycles. The molecule has 1 saturated carbocycles. The third-order valence-corrected chi connectivity index (χ3v) is 4.00. The van der Waals surface area contributed by atoms with E-state index < -0.39 is 5.82 Å². The average molecular weight is 324 g/mol.